The summed E-state index contributed by atoms with van der Waals surface area (Å²) in [4.78, 5) is 0. The summed E-state index contributed by atoms with van der Waals surface area (Å²) < 4.78 is 2.06. The van der Waals surface area contributed by atoms with Gasteiger partial charge in [-0.25, -0.2) is 0 Å². The fraction of sp³-hybridized carbons (Fsp3) is 0.625. The van der Waals surface area contributed by atoms with Crippen LogP contribution in [0.25, 0.3) is 0 Å². The molecular formula is C8H12N2S. The maximum absolute atomic E-state index is 4.36. The Labute approximate surface area is 72.0 Å². The summed E-state index contributed by atoms with van der Waals surface area (Å²) in [5.41, 5.74) is 0.257. The number of thiol groups is 1. The van der Waals surface area contributed by atoms with E-state index in [0.29, 0.717) is 0 Å². The van der Waals surface area contributed by atoms with Gasteiger partial charge in [-0.1, -0.05) is 0 Å². The second kappa shape index (κ2) is 2.55. The van der Waals surface area contributed by atoms with Gasteiger partial charge in [0.1, 0.15) is 0 Å². The second-order valence-corrected chi connectivity index (χ2v) is 3.50. The Morgan fingerprint density at radius 3 is 2.73 bits per heavy atom. The standard InChI is InChI=1S/C8H12N2S/c11-7-8(3-1-4-8)10-6-2-5-9-10/h2,5-6,11H,1,3-4,7H2. The molecule has 0 saturated heterocycles. The van der Waals surface area contributed by atoms with E-state index in [2.05, 4.69) is 22.4 Å². The van der Waals surface area contributed by atoms with Crippen molar-refractivity contribution < 1.29 is 0 Å². The Hall–Kier alpha value is -0.440. The van der Waals surface area contributed by atoms with Gasteiger partial charge in [0.05, 0.1) is 5.54 Å². The van der Waals surface area contributed by atoms with Crippen LogP contribution in [0.2, 0.25) is 0 Å². The highest BCUT2D eigenvalue weighted by Gasteiger charge is 2.37. The molecule has 0 unspecified atom stereocenters. The zero-order valence-corrected chi connectivity index (χ0v) is 7.30. The molecule has 0 amide bonds. The molecule has 1 aromatic heterocycles. The molecule has 0 aliphatic heterocycles. The third kappa shape index (κ3) is 0.984. The van der Waals surface area contributed by atoms with Crippen LogP contribution in [0.15, 0.2) is 18.5 Å². The van der Waals surface area contributed by atoms with Crippen molar-refractivity contribution in [1.82, 2.24) is 9.78 Å². The van der Waals surface area contributed by atoms with Gasteiger partial charge >= 0.3 is 0 Å². The van der Waals surface area contributed by atoms with E-state index in [1.165, 1.54) is 19.3 Å². The Kier molecular flexibility index (Phi) is 1.68. The number of nitrogens with zero attached hydrogens (tertiary/aromatic N) is 2. The summed E-state index contributed by atoms with van der Waals surface area (Å²) in [5, 5.41) is 4.25. The van der Waals surface area contributed by atoms with Crippen LogP contribution in [0, 0.1) is 0 Å². The number of hydrogen-bond donors (Lipinski definition) is 1. The van der Waals surface area contributed by atoms with Crippen molar-refractivity contribution >= 4 is 12.6 Å². The van der Waals surface area contributed by atoms with Crippen molar-refractivity contribution in [3.8, 4) is 0 Å². The Morgan fingerprint density at radius 2 is 2.36 bits per heavy atom. The van der Waals surface area contributed by atoms with Gasteiger partial charge in [-0.15, -0.1) is 0 Å². The lowest BCUT2D eigenvalue weighted by molar-refractivity contribution is 0.156. The third-order valence-corrected chi connectivity index (χ3v) is 3.16. The van der Waals surface area contributed by atoms with E-state index >= 15 is 0 Å². The first-order valence-electron chi connectivity index (χ1n) is 3.98. The topological polar surface area (TPSA) is 17.8 Å². The van der Waals surface area contributed by atoms with E-state index in [-0.39, 0.29) is 5.54 Å². The zero-order valence-electron chi connectivity index (χ0n) is 6.40. The zero-order chi connectivity index (χ0) is 7.73. The van der Waals surface area contributed by atoms with E-state index in [4.69, 9.17) is 0 Å². The normalized spacial score (nSPS) is 21.2. The van der Waals surface area contributed by atoms with Crippen molar-refractivity contribution in [3.63, 3.8) is 0 Å². The minimum atomic E-state index is 0.257. The monoisotopic (exact) mass is 168 g/mol. The molecule has 2 nitrogen and oxygen atoms in total. The third-order valence-electron chi connectivity index (χ3n) is 2.57. The van der Waals surface area contributed by atoms with Gasteiger partial charge in [0.2, 0.25) is 0 Å². The molecule has 11 heavy (non-hydrogen) atoms. The summed E-state index contributed by atoms with van der Waals surface area (Å²) in [5.74, 6) is 0.911. The molecule has 3 heteroatoms. The van der Waals surface area contributed by atoms with E-state index in [9.17, 15) is 0 Å². The number of rotatable bonds is 2. The van der Waals surface area contributed by atoms with Crippen molar-refractivity contribution in [3.05, 3.63) is 18.5 Å². The van der Waals surface area contributed by atoms with Gasteiger partial charge in [-0.3, -0.25) is 4.68 Å². The molecule has 1 aromatic rings. The van der Waals surface area contributed by atoms with Crippen molar-refractivity contribution in [2.45, 2.75) is 24.8 Å². The lowest BCUT2D eigenvalue weighted by Crippen LogP contribution is -2.42. The summed E-state index contributed by atoms with van der Waals surface area (Å²) >= 11 is 4.36. The molecule has 0 N–H and O–H groups in total. The van der Waals surface area contributed by atoms with Gasteiger partial charge < -0.3 is 0 Å². The summed E-state index contributed by atoms with van der Waals surface area (Å²) in [6.07, 6.45) is 7.66. The fourth-order valence-corrected chi connectivity index (χ4v) is 2.06. The molecule has 2 rings (SSSR count). The summed E-state index contributed by atoms with van der Waals surface area (Å²) in [6.45, 7) is 0. The molecule has 1 saturated carbocycles. The molecule has 0 spiro atoms. The van der Waals surface area contributed by atoms with Crippen LogP contribution in [-0.4, -0.2) is 15.5 Å². The van der Waals surface area contributed by atoms with Crippen LogP contribution < -0.4 is 0 Å². The highest BCUT2D eigenvalue weighted by Crippen LogP contribution is 2.39. The van der Waals surface area contributed by atoms with Crippen LogP contribution in [0.1, 0.15) is 19.3 Å². The molecule has 0 atom stereocenters. The lowest BCUT2D eigenvalue weighted by Gasteiger charge is -2.40. The second-order valence-electron chi connectivity index (χ2n) is 3.19. The highest BCUT2D eigenvalue weighted by atomic mass is 32.1. The van der Waals surface area contributed by atoms with Crippen LogP contribution in [-0.2, 0) is 5.54 Å². The molecule has 0 radical (unpaired) electrons. The molecule has 1 aliphatic rings. The summed E-state index contributed by atoms with van der Waals surface area (Å²) in [7, 11) is 0. The molecule has 0 aromatic carbocycles. The fourth-order valence-electron chi connectivity index (χ4n) is 1.59. The summed E-state index contributed by atoms with van der Waals surface area (Å²) in [6, 6.07) is 1.98. The van der Waals surface area contributed by atoms with E-state index in [0.717, 1.165) is 5.75 Å². The van der Waals surface area contributed by atoms with Crippen LogP contribution >= 0.6 is 12.6 Å². The first-order chi connectivity index (χ1) is 5.37. The maximum Gasteiger partial charge on any atom is 0.0715 e. The van der Waals surface area contributed by atoms with Crippen LogP contribution in [0.4, 0.5) is 0 Å². The van der Waals surface area contributed by atoms with E-state index in [1.807, 2.05) is 18.5 Å². The first kappa shape index (κ1) is 7.22. The average Bonchev–Trinajstić information content (AvgIpc) is 2.39. The van der Waals surface area contributed by atoms with Crippen molar-refractivity contribution in [2.24, 2.45) is 0 Å². The SMILES string of the molecule is SCC1(n2cccn2)CCC1. The van der Waals surface area contributed by atoms with Crippen molar-refractivity contribution in [1.29, 1.82) is 0 Å². The first-order valence-corrected chi connectivity index (χ1v) is 4.62. The minimum Gasteiger partial charge on any atom is -0.266 e. The Morgan fingerprint density at radius 1 is 1.55 bits per heavy atom. The van der Waals surface area contributed by atoms with Crippen molar-refractivity contribution in [2.75, 3.05) is 5.75 Å². The van der Waals surface area contributed by atoms with Crippen LogP contribution in [0.3, 0.4) is 0 Å². The minimum absolute atomic E-state index is 0.257. The number of aromatic nitrogens is 2. The Balaban J connectivity index is 2.25. The highest BCUT2D eigenvalue weighted by molar-refractivity contribution is 7.80. The van der Waals surface area contributed by atoms with E-state index < -0.39 is 0 Å². The Bertz CT molecular complexity index is 221. The molecule has 1 heterocycles. The van der Waals surface area contributed by atoms with Gasteiger partial charge in [0.15, 0.2) is 0 Å². The average molecular weight is 168 g/mol. The largest absolute Gasteiger partial charge is 0.266 e. The number of hydrogen-bond acceptors (Lipinski definition) is 2. The van der Waals surface area contributed by atoms with Crippen LogP contribution in [0.5, 0.6) is 0 Å². The molecule has 1 fully saturated rings. The predicted octanol–water partition coefficient (Wildman–Crippen LogP) is 1.69. The predicted molar refractivity (Wildman–Crippen MR) is 47.9 cm³/mol. The maximum atomic E-state index is 4.36. The van der Waals surface area contributed by atoms with Gasteiger partial charge in [0, 0.05) is 18.1 Å². The molecular weight excluding hydrogens is 156 g/mol. The quantitative estimate of drug-likeness (QED) is 0.665. The molecule has 0 bridgehead atoms. The lowest BCUT2D eigenvalue weighted by atomic mass is 9.78. The van der Waals surface area contributed by atoms with Gasteiger partial charge in [-0.05, 0) is 25.3 Å². The van der Waals surface area contributed by atoms with Gasteiger partial charge in [-0.2, -0.15) is 17.7 Å². The van der Waals surface area contributed by atoms with E-state index in [1.54, 1.807) is 0 Å². The smallest absolute Gasteiger partial charge is 0.0715 e. The molecule has 60 valence electrons. The van der Waals surface area contributed by atoms with Gasteiger partial charge in [0.25, 0.3) is 0 Å². The molecule has 1 aliphatic carbocycles.